The summed E-state index contributed by atoms with van der Waals surface area (Å²) in [5.41, 5.74) is 4.81. The highest BCUT2D eigenvalue weighted by molar-refractivity contribution is 5.85. The number of amides is 1. The van der Waals surface area contributed by atoms with Crippen LogP contribution >= 0.6 is 0 Å². The van der Waals surface area contributed by atoms with Gasteiger partial charge in [0.1, 0.15) is 0 Å². The fourth-order valence-corrected chi connectivity index (χ4v) is 0.369. The number of carbonyl (C=O) groups excluding carboxylic acids is 1. The first-order valence-electron chi connectivity index (χ1n) is 2.96. The average Bonchev–Trinajstić information content (AvgIpc) is 1.80. The van der Waals surface area contributed by atoms with Gasteiger partial charge >= 0.3 is 0 Å². The second-order valence-electron chi connectivity index (χ2n) is 1.69. The predicted octanol–water partition coefficient (Wildman–Crippen LogP) is -0.0150. The van der Waals surface area contributed by atoms with E-state index in [1.807, 2.05) is 6.92 Å². The largest absolute Gasteiger partial charge is 0.391 e. The van der Waals surface area contributed by atoms with Gasteiger partial charge in [-0.15, -0.1) is 0 Å². The van der Waals surface area contributed by atoms with Gasteiger partial charge in [-0.3, -0.25) is 4.79 Å². The molecule has 0 spiro atoms. The molecule has 0 aromatic carbocycles. The molecule has 0 aliphatic rings. The number of carbonyl (C=O) groups is 1. The van der Waals surface area contributed by atoms with E-state index in [1.165, 1.54) is 6.08 Å². The third kappa shape index (κ3) is 7.01. The number of nitrogens with one attached hydrogen (secondary N) is 1. The fourth-order valence-electron chi connectivity index (χ4n) is 0.369. The van der Waals surface area contributed by atoms with Crippen LogP contribution in [0.15, 0.2) is 12.3 Å². The van der Waals surface area contributed by atoms with Crippen molar-refractivity contribution in [2.24, 2.45) is 5.73 Å². The smallest absolute Gasteiger partial charge is 0.242 e. The molecule has 52 valence electrons. The van der Waals surface area contributed by atoms with Crippen molar-refractivity contribution in [2.45, 2.75) is 13.3 Å². The quantitative estimate of drug-likeness (QED) is 0.413. The van der Waals surface area contributed by atoms with Crippen LogP contribution in [0.4, 0.5) is 0 Å². The van der Waals surface area contributed by atoms with Gasteiger partial charge in [0.25, 0.3) is 0 Å². The van der Waals surface area contributed by atoms with E-state index in [2.05, 4.69) is 5.32 Å². The van der Waals surface area contributed by atoms with Crippen LogP contribution in [0.3, 0.4) is 0 Å². The zero-order valence-electron chi connectivity index (χ0n) is 5.55. The molecule has 0 bridgehead atoms. The van der Waals surface area contributed by atoms with Crippen molar-refractivity contribution in [2.75, 3.05) is 6.54 Å². The monoisotopic (exact) mass is 128 g/mol. The molecule has 0 aliphatic carbocycles. The van der Waals surface area contributed by atoms with Crippen LogP contribution in [0.25, 0.3) is 0 Å². The van der Waals surface area contributed by atoms with Gasteiger partial charge < -0.3 is 11.1 Å². The summed E-state index contributed by atoms with van der Waals surface area (Å²) in [7, 11) is 0. The van der Waals surface area contributed by atoms with E-state index in [0.29, 0.717) is 0 Å². The summed E-state index contributed by atoms with van der Waals surface area (Å²) in [4.78, 5) is 10.1. The molecule has 0 fully saturated rings. The van der Waals surface area contributed by atoms with Crippen LogP contribution in [0.5, 0.6) is 0 Å². The Balaban J connectivity index is 3.15. The van der Waals surface area contributed by atoms with E-state index in [-0.39, 0.29) is 0 Å². The minimum absolute atomic E-state index is 0.418. The molecular weight excluding hydrogens is 116 g/mol. The van der Waals surface area contributed by atoms with Crippen molar-refractivity contribution in [3.05, 3.63) is 12.3 Å². The normalized spacial score (nSPS) is 9.89. The van der Waals surface area contributed by atoms with E-state index >= 15 is 0 Å². The van der Waals surface area contributed by atoms with Gasteiger partial charge in [-0.25, -0.2) is 0 Å². The Labute approximate surface area is 54.9 Å². The topological polar surface area (TPSA) is 55.1 Å². The lowest BCUT2D eigenvalue weighted by Crippen LogP contribution is -2.10. The van der Waals surface area contributed by atoms with E-state index in [1.54, 1.807) is 6.20 Å². The molecule has 3 N–H and O–H groups in total. The van der Waals surface area contributed by atoms with Crippen LogP contribution in [-0.2, 0) is 4.79 Å². The lowest BCUT2D eigenvalue weighted by atomic mass is 10.5. The van der Waals surface area contributed by atoms with Crippen molar-refractivity contribution in [3.63, 3.8) is 0 Å². The summed E-state index contributed by atoms with van der Waals surface area (Å²) < 4.78 is 0. The molecule has 0 radical (unpaired) electrons. The van der Waals surface area contributed by atoms with E-state index in [9.17, 15) is 4.79 Å². The maximum Gasteiger partial charge on any atom is 0.242 e. The molecule has 0 aliphatic heterocycles. The molecular formula is C6H12N2O. The summed E-state index contributed by atoms with van der Waals surface area (Å²) in [6, 6.07) is 0. The van der Waals surface area contributed by atoms with Crippen molar-refractivity contribution >= 4 is 5.91 Å². The van der Waals surface area contributed by atoms with Crippen LogP contribution in [0.1, 0.15) is 13.3 Å². The molecule has 0 rings (SSSR count). The van der Waals surface area contributed by atoms with Gasteiger partial charge in [0, 0.05) is 18.8 Å². The number of nitrogens with two attached hydrogens (primary N) is 1. The Kier molecular flexibility index (Phi) is 4.59. The van der Waals surface area contributed by atoms with Gasteiger partial charge in [0.15, 0.2) is 0 Å². The maximum atomic E-state index is 10.1. The molecule has 3 heteroatoms. The zero-order chi connectivity index (χ0) is 7.11. The Morgan fingerprint density at radius 3 is 2.89 bits per heavy atom. The van der Waals surface area contributed by atoms with E-state index < -0.39 is 5.91 Å². The molecule has 3 nitrogen and oxygen atoms in total. The highest BCUT2D eigenvalue weighted by Gasteiger charge is 1.78. The van der Waals surface area contributed by atoms with Crippen molar-refractivity contribution in [1.82, 2.24) is 5.32 Å². The first-order chi connectivity index (χ1) is 4.27. The minimum atomic E-state index is -0.418. The van der Waals surface area contributed by atoms with Gasteiger partial charge in [0.05, 0.1) is 0 Å². The maximum absolute atomic E-state index is 10.1. The van der Waals surface area contributed by atoms with E-state index in [0.717, 1.165) is 13.0 Å². The minimum Gasteiger partial charge on any atom is -0.391 e. The molecule has 0 heterocycles. The number of primary amides is 1. The highest BCUT2D eigenvalue weighted by Crippen LogP contribution is 1.69. The molecule has 0 unspecified atom stereocenters. The first kappa shape index (κ1) is 8.01. The van der Waals surface area contributed by atoms with Gasteiger partial charge in [0.2, 0.25) is 5.91 Å². The Hall–Kier alpha value is -0.990. The lowest BCUT2D eigenvalue weighted by molar-refractivity contribution is -0.113. The Bertz CT molecular complexity index is 110. The number of hydrogen-bond acceptors (Lipinski definition) is 2. The Morgan fingerprint density at radius 1 is 1.78 bits per heavy atom. The van der Waals surface area contributed by atoms with Gasteiger partial charge in [-0.2, -0.15) is 0 Å². The predicted molar refractivity (Wildman–Crippen MR) is 36.6 cm³/mol. The molecule has 1 amide bonds. The molecule has 0 saturated carbocycles. The first-order valence-corrected chi connectivity index (χ1v) is 2.96. The van der Waals surface area contributed by atoms with Crippen LogP contribution in [0.2, 0.25) is 0 Å². The van der Waals surface area contributed by atoms with Gasteiger partial charge in [-0.1, -0.05) is 6.92 Å². The second kappa shape index (κ2) is 5.15. The van der Waals surface area contributed by atoms with Crippen molar-refractivity contribution in [3.8, 4) is 0 Å². The summed E-state index contributed by atoms with van der Waals surface area (Å²) >= 11 is 0. The van der Waals surface area contributed by atoms with Gasteiger partial charge in [-0.05, 0) is 6.42 Å². The van der Waals surface area contributed by atoms with Crippen LogP contribution < -0.4 is 11.1 Å². The average molecular weight is 128 g/mol. The molecule has 0 aromatic heterocycles. The third-order valence-corrected chi connectivity index (χ3v) is 0.760. The van der Waals surface area contributed by atoms with E-state index in [4.69, 9.17) is 5.73 Å². The summed E-state index contributed by atoms with van der Waals surface area (Å²) in [5.74, 6) is -0.418. The summed E-state index contributed by atoms with van der Waals surface area (Å²) in [6.45, 7) is 2.93. The van der Waals surface area contributed by atoms with Crippen LogP contribution in [-0.4, -0.2) is 12.5 Å². The highest BCUT2D eigenvalue weighted by atomic mass is 16.1. The number of rotatable bonds is 4. The molecule has 0 atom stereocenters. The standard InChI is InChI=1S/C6H12N2O/c1-2-4-8-5-3-6(7)9/h3,5,8H,2,4H2,1H3,(H2,7,9). The number of hydrogen-bond donors (Lipinski definition) is 2. The van der Waals surface area contributed by atoms with Crippen molar-refractivity contribution in [1.29, 1.82) is 0 Å². The SMILES string of the molecule is CCCNC=CC(N)=O. The second-order valence-corrected chi connectivity index (χ2v) is 1.69. The summed E-state index contributed by atoms with van der Waals surface area (Å²) in [6.07, 6.45) is 3.91. The molecule has 9 heavy (non-hydrogen) atoms. The summed E-state index contributed by atoms with van der Waals surface area (Å²) in [5, 5.41) is 2.88. The molecule has 0 saturated heterocycles. The third-order valence-electron chi connectivity index (χ3n) is 0.760. The zero-order valence-corrected chi connectivity index (χ0v) is 5.55. The van der Waals surface area contributed by atoms with Crippen molar-refractivity contribution < 1.29 is 4.79 Å². The lowest BCUT2D eigenvalue weighted by Gasteiger charge is -1.92. The molecule has 0 aromatic rings. The fraction of sp³-hybridized carbons (Fsp3) is 0.500. The Morgan fingerprint density at radius 2 is 2.44 bits per heavy atom. The van der Waals surface area contributed by atoms with Crippen LogP contribution in [0, 0.1) is 0 Å².